The molecule has 32 heavy (non-hydrogen) atoms. The maximum atomic E-state index is 6.17. The molecule has 5 rings (SSSR count). The molecule has 1 unspecified atom stereocenters. The first kappa shape index (κ1) is 21.0. The summed E-state index contributed by atoms with van der Waals surface area (Å²) in [5.74, 6) is 0.958. The molecule has 4 nitrogen and oxygen atoms in total. The number of piperazine rings is 1. The van der Waals surface area contributed by atoms with Crippen molar-refractivity contribution < 1.29 is 9.47 Å². The van der Waals surface area contributed by atoms with Crippen LogP contribution in [0, 0.1) is 0 Å². The van der Waals surface area contributed by atoms with Crippen LogP contribution < -0.4 is 9.64 Å². The zero-order valence-electron chi connectivity index (χ0n) is 18.9. The van der Waals surface area contributed by atoms with Crippen molar-refractivity contribution in [3.8, 4) is 5.75 Å². The molecule has 1 saturated heterocycles. The Hall–Kier alpha value is -2.82. The fourth-order valence-electron chi connectivity index (χ4n) is 5.33. The second-order valence-electron chi connectivity index (χ2n) is 8.85. The summed E-state index contributed by atoms with van der Waals surface area (Å²) in [5, 5.41) is 0. The number of rotatable bonds is 6. The Morgan fingerprint density at radius 3 is 2.38 bits per heavy atom. The minimum absolute atomic E-state index is 0.0874. The Kier molecular flexibility index (Phi) is 6.15. The van der Waals surface area contributed by atoms with E-state index in [2.05, 4.69) is 76.5 Å². The van der Waals surface area contributed by atoms with E-state index in [9.17, 15) is 0 Å². The van der Waals surface area contributed by atoms with Gasteiger partial charge in [0.05, 0.1) is 26.0 Å². The van der Waals surface area contributed by atoms with Gasteiger partial charge >= 0.3 is 0 Å². The predicted molar refractivity (Wildman–Crippen MR) is 130 cm³/mol. The van der Waals surface area contributed by atoms with Gasteiger partial charge in [-0.2, -0.15) is 0 Å². The number of nitrogens with zero attached hydrogens (tertiary/aromatic N) is 2. The maximum absolute atomic E-state index is 6.17. The van der Waals surface area contributed by atoms with Gasteiger partial charge in [0.15, 0.2) is 0 Å². The first-order valence-electron chi connectivity index (χ1n) is 11.6. The fraction of sp³-hybridized carbons (Fsp3) is 0.357. The molecule has 2 aliphatic heterocycles. The first-order valence-corrected chi connectivity index (χ1v) is 11.6. The third kappa shape index (κ3) is 4.01. The molecule has 0 saturated carbocycles. The number of benzene rings is 3. The van der Waals surface area contributed by atoms with Crippen molar-refractivity contribution >= 4 is 5.69 Å². The van der Waals surface area contributed by atoms with E-state index in [0.29, 0.717) is 6.61 Å². The molecule has 0 radical (unpaired) electrons. The molecule has 3 aromatic rings. The molecule has 2 heterocycles. The highest BCUT2D eigenvalue weighted by Gasteiger charge is 2.39. The van der Waals surface area contributed by atoms with Crippen molar-refractivity contribution in [2.75, 3.05) is 51.3 Å². The van der Waals surface area contributed by atoms with Gasteiger partial charge in [-0.1, -0.05) is 66.7 Å². The van der Waals surface area contributed by atoms with Crippen LogP contribution in [-0.4, -0.2) is 51.3 Å². The largest absolute Gasteiger partial charge is 0.495 e. The summed E-state index contributed by atoms with van der Waals surface area (Å²) >= 11 is 0. The number of hydrogen-bond donors (Lipinski definition) is 0. The normalized spacial score (nSPS) is 21.2. The van der Waals surface area contributed by atoms with Gasteiger partial charge in [0.1, 0.15) is 5.75 Å². The monoisotopic (exact) mass is 428 g/mol. The molecule has 0 amide bonds. The van der Waals surface area contributed by atoms with Crippen molar-refractivity contribution in [1.29, 1.82) is 0 Å². The lowest BCUT2D eigenvalue weighted by molar-refractivity contribution is 0.0572. The standard InChI is InChI=1S/C28H32N2O2/c1-31-27-14-8-7-13-26(27)30-19-17-29(18-20-30)16-15-28(24-10-3-2-4-11-24)22-32-21-23-9-5-6-12-25(23)28/h2-14H,15-22H2,1H3. The summed E-state index contributed by atoms with van der Waals surface area (Å²) in [6, 6.07) is 28.1. The average Bonchev–Trinajstić information content (AvgIpc) is 2.88. The highest BCUT2D eigenvalue weighted by molar-refractivity contribution is 5.58. The van der Waals surface area contributed by atoms with Gasteiger partial charge in [-0.05, 0) is 41.8 Å². The molecule has 0 aromatic heterocycles. The molecular formula is C28H32N2O2. The third-order valence-electron chi connectivity index (χ3n) is 7.12. The third-order valence-corrected chi connectivity index (χ3v) is 7.12. The van der Waals surface area contributed by atoms with E-state index in [4.69, 9.17) is 9.47 Å². The van der Waals surface area contributed by atoms with Gasteiger partial charge in [0.25, 0.3) is 0 Å². The quantitative estimate of drug-likeness (QED) is 0.567. The van der Waals surface area contributed by atoms with Gasteiger partial charge in [-0.15, -0.1) is 0 Å². The van der Waals surface area contributed by atoms with Crippen molar-refractivity contribution in [2.24, 2.45) is 0 Å². The number of ether oxygens (including phenoxy) is 2. The van der Waals surface area contributed by atoms with E-state index >= 15 is 0 Å². The topological polar surface area (TPSA) is 24.9 Å². The fourth-order valence-corrected chi connectivity index (χ4v) is 5.33. The Morgan fingerprint density at radius 1 is 0.844 bits per heavy atom. The van der Waals surface area contributed by atoms with Gasteiger partial charge in [0.2, 0.25) is 0 Å². The maximum Gasteiger partial charge on any atom is 0.142 e. The van der Waals surface area contributed by atoms with Crippen molar-refractivity contribution in [2.45, 2.75) is 18.4 Å². The van der Waals surface area contributed by atoms with Crippen molar-refractivity contribution in [3.05, 3.63) is 95.6 Å². The predicted octanol–water partition coefficient (Wildman–Crippen LogP) is 4.72. The Balaban J connectivity index is 1.32. The summed E-state index contributed by atoms with van der Waals surface area (Å²) in [5.41, 5.74) is 5.23. The summed E-state index contributed by atoms with van der Waals surface area (Å²) in [4.78, 5) is 5.05. The molecule has 0 N–H and O–H groups in total. The van der Waals surface area contributed by atoms with Gasteiger partial charge in [-0.25, -0.2) is 0 Å². The van der Waals surface area contributed by atoms with E-state index in [-0.39, 0.29) is 5.41 Å². The minimum atomic E-state index is -0.0874. The van der Waals surface area contributed by atoms with Crippen LogP contribution in [0.5, 0.6) is 5.75 Å². The molecular weight excluding hydrogens is 396 g/mol. The minimum Gasteiger partial charge on any atom is -0.495 e. The van der Waals surface area contributed by atoms with E-state index in [1.807, 2.05) is 12.1 Å². The number of anilines is 1. The summed E-state index contributed by atoms with van der Waals surface area (Å²) < 4.78 is 11.7. The Bertz CT molecular complexity index is 1030. The average molecular weight is 429 g/mol. The number of para-hydroxylation sites is 2. The molecule has 4 heteroatoms. The van der Waals surface area contributed by atoms with E-state index in [1.54, 1.807) is 7.11 Å². The zero-order chi connectivity index (χ0) is 21.8. The van der Waals surface area contributed by atoms with Crippen LogP contribution in [0.15, 0.2) is 78.9 Å². The molecule has 0 aliphatic carbocycles. The molecule has 3 aromatic carbocycles. The Morgan fingerprint density at radius 2 is 1.56 bits per heavy atom. The van der Waals surface area contributed by atoms with Crippen LogP contribution in [0.4, 0.5) is 5.69 Å². The second kappa shape index (κ2) is 9.35. The zero-order valence-corrected chi connectivity index (χ0v) is 18.9. The molecule has 1 fully saturated rings. The molecule has 2 aliphatic rings. The number of fused-ring (bicyclic) bond motifs is 1. The summed E-state index contributed by atoms with van der Waals surface area (Å²) in [6.45, 7) is 6.68. The van der Waals surface area contributed by atoms with Crippen molar-refractivity contribution in [1.82, 2.24) is 4.90 Å². The van der Waals surface area contributed by atoms with E-state index < -0.39 is 0 Å². The summed E-state index contributed by atoms with van der Waals surface area (Å²) in [6.07, 6.45) is 1.06. The Labute approximate surface area is 191 Å². The van der Waals surface area contributed by atoms with E-state index in [0.717, 1.165) is 51.5 Å². The lowest BCUT2D eigenvalue weighted by Gasteiger charge is -2.42. The lowest BCUT2D eigenvalue weighted by atomic mass is 9.70. The SMILES string of the molecule is COc1ccccc1N1CCN(CCC2(c3ccccc3)COCc3ccccc32)CC1. The highest BCUT2D eigenvalue weighted by atomic mass is 16.5. The van der Waals surface area contributed by atoms with Crippen molar-refractivity contribution in [3.63, 3.8) is 0 Å². The lowest BCUT2D eigenvalue weighted by Crippen LogP contribution is -2.48. The molecule has 1 atom stereocenters. The van der Waals surface area contributed by atoms with Crippen LogP contribution >= 0.6 is 0 Å². The van der Waals surface area contributed by atoms with Gasteiger partial charge in [0, 0.05) is 31.6 Å². The number of methoxy groups -OCH3 is 1. The van der Waals surface area contributed by atoms with Gasteiger partial charge < -0.3 is 14.4 Å². The number of hydrogen-bond acceptors (Lipinski definition) is 4. The summed E-state index contributed by atoms with van der Waals surface area (Å²) in [7, 11) is 1.75. The van der Waals surface area contributed by atoms with E-state index in [1.165, 1.54) is 22.4 Å². The van der Waals surface area contributed by atoms with Crippen LogP contribution in [0.1, 0.15) is 23.1 Å². The molecule has 0 bridgehead atoms. The van der Waals surface area contributed by atoms with Crippen LogP contribution in [0.3, 0.4) is 0 Å². The molecule has 166 valence electrons. The van der Waals surface area contributed by atoms with Gasteiger partial charge in [-0.3, -0.25) is 4.90 Å². The van der Waals surface area contributed by atoms with Crippen LogP contribution in [0.25, 0.3) is 0 Å². The molecule has 0 spiro atoms. The smallest absolute Gasteiger partial charge is 0.142 e. The second-order valence-corrected chi connectivity index (χ2v) is 8.85. The van der Waals surface area contributed by atoms with Crippen LogP contribution in [0.2, 0.25) is 0 Å². The first-order chi connectivity index (χ1) is 15.8. The van der Waals surface area contributed by atoms with Crippen LogP contribution in [-0.2, 0) is 16.8 Å². The highest BCUT2D eigenvalue weighted by Crippen LogP contribution is 2.41.